The van der Waals surface area contributed by atoms with Crippen molar-refractivity contribution in [3.8, 4) is 0 Å². The van der Waals surface area contributed by atoms with Crippen molar-refractivity contribution in [2.45, 2.75) is 9.96 Å². The zero-order valence-electron chi connectivity index (χ0n) is 8.56. The first-order valence-corrected chi connectivity index (χ1v) is 7.98. The quantitative estimate of drug-likeness (QED) is 0.858. The van der Waals surface area contributed by atoms with E-state index >= 15 is 0 Å². The molecule has 1 aromatic heterocycles. The molecule has 0 aliphatic rings. The second kappa shape index (κ2) is 4.98. The number of halogens is 2. The van der Waals surface area contributed by atoms with Crippen LogP contribution in [0, 0.1) is 0 Å². The molecule has 0 saturated heterocycles. The smallest absolute Gasteiger partial charge is 0.191 e. The molecule has 0 saturated carbocycles. The molecule has 0 amide bonds. The van der Waals surface area contributed by atoms with Gasteiger partial charge >= 0.3 is 0 Å². The van der Waals surface area contributed by atoms with Crippen LogP contribution in [0.2, 0.25) is 10.0 Å². The molecule has 2 rings (SSSR count). The van der Waals surface area contributed by atoms with Crippen molar-refractivity contribution in [1.82, 2.24) is 0 Å². The Labute approximate surface area is 114 Å². The van der Waals surface area contributed by atoms with Crippen molar-refractivity contribution in [2.24, 2.45) is 0 Å². The van der Waals surface area contributed by atoms with Gasteiger partial charge in [-0.15, -0.1) is 11.3 Å². The van der Waals surface area contributed by atoms with E-state index in [1.54, 1.807) is 35.7 Å². The minimum Gasteiger partial charge on any atom is -0.223 e. The average Bonchev–Trinajstić information content (AvgIpc) is 2.77. The Morgan fingerprint density at radius 2 is 1.88 bits per heavy atom. The van der Waals surface area contributed by atoms with E-state index in [-0.39, 0.29) is 5.75 Å². The van der Waals surface area contributed by atoms with Gasteiger partial charge in [-0.2, -0.15) is 0 Å². The monoisotopic (exact) mass is 306 g/mol. The van der Waals surface area contributed by atoms with Crippen LogP contribution in [0.1, 0.15) is 5.56 Å². The highest BCUT2D eigenvalue weighted by Gasteiger charge is 2.16. The second-order valence-corrected chi connectivity index (χ2v) is 7.42. The van der Waals surface area contributed by atoms with Crippen LogP contribution in [-0.4, -0.2) is 8.42 Å². The number of benzene rings is 1. The van der Waals surface area contributed by atoms with Gasteiger partial charge in [0.1, 0.15) is 4.21 Å². The lowest BCUT2D eigenvalue weighted by atomic mass is 10.2. The molecule has 1 aromatic carbocycles. The first-order valence-electron chi connectivity index (χ1n) is 4.69. The first-order chi connectivity index (χ1) is 7.99. The maximum atomic E-state index is 12.0. The SMILES string of the molecule is O=S(=O)(Cc1ccc(Cl)c(Cl)c1)c1cccs1. The largest absolute Gasteiger partial charge is 0.223 e. The van der Waals surface area contributed by atoms with Gasteiger partial charge in [0.2, 0.25) is 0 Å². The third kappa shape index (κ3) is 3.01. The Kier molecular flexibility index (Phi) is 3.78. The lowest BCUT2D eigenvalue weighted by Gasteiger charge is -2.03. The van der Waals surface area contributed by atoms with Crippen LogP contribution in [0.3, 0.4) is 0 Å². The maximum absolute atomic E-state index is 12.0. The summed E-state index contributed by atoms with van der Waals surface area (Å²) in [6.45, 7) is 0. The fraction of sp³-hybridized carbons (Fsp3) is 0.0909. The van der Waals surface area contributed by atoms with Crippen molar-refractivity contribution in [3.63, 3.8) is 0 Å². The van der Waals surface area contributed by atoms with Gasteiger partial charge in [-0.05, 0) is 29.1 Å². The molecule has 0 aliphatic carbocycles. The van der Waals surface area contributed by atoms with E-state index in [1.165, 1.54) is 11.3 Å². The minimum absolute atomic E-state index is 0.0651. The number of hydrogen-bond donors (Lipinski definition) is 0. The highest BCUT2D eigenvalue weighted by atomic mass is 35.5. The van der Waals surface area contributed by atoms with E-state index in [0.29, 0.717) is 19.8 Å². The van der Waals surface area contributed by atoms with Crippen LogP contribution < -0.4 is 0 Å². The molecule has 0 spiro atoms. The summed E-state index contributed by atoms with van der Waals surface area (Å²) in [7, 11) is -3.28. The Bertz CT molecular complexity index is 619. The Hall–Kier alpha value is -0.550. The molecule has 2 nitrogen and oxygen atoms in total. The van der Waals surface area contributed by atoms with E-state index in [1.807, 2.05) is 0 Å². The predicted molar refractivity (Wildman–Crippen MR) is 71.7 cm³/mol. The summed E-state index contributed by atoms with van der Waals surface area (Å²) < 4.78 is 24.4. The third-order valence-electron chi connectivity index (χ3n) is 2.14. The molecule has 2 aromatic rings. The van der Waals surface area contributed by atoms with Crippen LogP contribution in [0.25, 0.3) is 0 Å². The predicted octanol–water partition coefficient (Wildman–Crippen LogP) is 4.03. The van der Waals surface area contributed by atoms with E-state index < -0.39 is 9.84 Å². The van der Waals surface area contributed by atoms with Gasteiger partial charge < -0.3 is 0 Å². The number of thiophene rings is 1. The van der Waals surface area contributed by atoms with Gasteiger partial charge in [0.15, 0.2) is 9.84 Å². The molecule has 1 heterocycles. The summed E-state index contributed by atoms with van der Waals surface area (Å²) in [5.41, 5.74) is 0.632. The summed E-state index contributed by atoms with van der Waals surface area (Å²) in [4.78, 5) is 0. The van der Waals surface area contributed by atoms with Gasteiger partial charge in [-0.25, -0.2) is 8.42 Å². The molecule has 90 valence electrons. The van der Waals surface area contributed by atoms with Crippen LogP contribution >= 0.6 is 34.5 Å². The van der Waals surface area contributed by atoms with Crippen LogP contribution in [-0.2, 0) is 15.6 Å². The molecular formula is C11H8Cl2O2S2. The average molecular weight is 307 g/mol. The van der Waals surface area contributed by atoms with Gasteiger partial charge in [0, 0.05) is 0 Å². The molecule has 0 bridgehead atoms. The highest BCUT2D eigenvalue weighted by molar-refractivity contribution is 7.92. The van der Waals surface area contributed by atoms with Gasteiger partial charge in [-0.3, -0.25) is 0 Å². The van der Waals surface area contributed by atoms with Gasteiger partial charge in [0.25, 0.3) is 0 Å². The van der Waals surface area contributed by atoms with Crippen LogP contribution in [0.15, 0.2) is 39.9 Å². The van der Waals surface area contributed by atoms with E-state index in [0.717, 1.165) is 0 Å². The van der Waals surface area contributed by atoms with E-state index in [9.17, 15) is 8.42 Å². The topological polar surface area (TPSA) is 34.1 Å². The summed E-state index contributed by atoms with van der Waals surface area (Å²) in [6, 6.07) is 8.15. The van der Waals surface area contributed by atoms with Crippen molar-refractivity contribution >= 4 is 44.4 Å². The van der Waals surface area contributed by atoms with Crippen molar-refractivity contribution < 1.29 is 8.42 Å². The zero-order chi connectivity index (χ0) is 12.5. The lowest BCUT2D eigenvalue weighted by molar-refractivity contribution is 0.597. The third-order valence-corrected chi connectivity index (χ3v) is 6.06. The van der Waals surface area contributed by atoms with Gasteiger partial charge in [-0.1, -0.05) is 35.3 Å². The molecule has 17 heavy (non-hydrogen) atoms. The standard InChI is InChI=1S/C11H8Cl2O2S2/c12-9-4-3-8(6-10(9)13)7-17(14,15)11-2-1-5-16-11/h1-6H,7H2. The Morgan fingerprint density at radius 3 is 2.47 bits per heavy atom. The van der Waals surface area contributed by atoms with Gasteiger partial charge in [0.05, 0.1) is 15.8 Å². The molecule has 0 atom stereocenters. The summed E-state index contributed by atoms with van der Waals surface area (Å²) in [6.07, 6.45) is 0. The molecule has 0 fully saturated rings. The molecular weight excluding hydrogens is 299 g/mol. The van der Waals surface area contributed by atoms with Crippen molar-refractivity contribution in [3.05, 3.63) is 51.3 Å². The number of hydrogen-bond acceptors (Lipinski definition) is 3. The fourth-order valence-electron chi connectivity index (χ4n) is 1.36. The minimum atomic E-state index is -3.28. The molecule has 0 aliphatic heterocycles. The Morgan fingerprint density at radius 1 is 1.12 bits per heavy atom. The summed E-state index contributed by atoms with van der Waals surface area (Å²) >= 11 is 12.8. The van der Waals surface area contributed by atoms with Crippen LogP contribution in [0.4, 0.5) is 0 Å². The highest BCUT2D eigenvalue weighted by Crippen LogP contribution is 2.26. The molecule has 0 radical (unpaired) electrons. The second-order valence-electron chi connectivity index (χ2n) is 3.44. The zero-order valence-corrected chi connectivity index (χ0v) is 11.7. The number of rotatable bonds is 3. The molecule has 0 N–H and O–H groups in total. The fourth-order valence-corrected chi connectivity index (χ4v) is 4.11. The van der Waals surface area contributed by atoms with E-state index in [4.69, 9.17) is 23.2 Å². The summed E-state index contributed by atoms with van der Waals surface area (Å²) in [5, 5.41) is 2.52. The number of sulfone groups is 1. The summed E-state index contributed by atoms with van der Waals surface area (Å²) in [5.74, 6) is -0.0651. The molecule has 6 heteroatoms. The van der Waals surface area contributed by atoms with Crippen LogP contribution in [0.5, 0.6) is 0 Å². The van der Waals surface area contributed by atoms with Crippen molar-refractivity contribution in [1.29, 1.82) is 0 Å². The normalized spacial score (nSPS) is 11.6. The first kappa shape index (κ1) is 12.9. The molecule has 0 unspecified atom stereocenters. The van der Waals surface area contributed by atoms with Crippen molar-refractivity contribution in [2.75, 3.05) is 0 Å². The maximum Gasteiger partial charge on any atom is 0.191 e. The van der Waals surface area contributed by atoms with E-state index in [2.05, 4.69) is 0 Å². The Balaban J connectivity index is 2.30. The lowest BCUT2D eigenvalue weighted by Crippen LogP contribution is -2.02.